The SMILES string of the molecule is COCCN1CCN(c2cc(C(=O)OC)cc(-c3ccc(C#Cc4cccnc4)cc3)n2)CC1. The van der Waals surface area contributed by atoms with Crippen molar-refractivity contribution in [3.05, 3.63) is 77.6 Å². The zero-order chi connectivity index (χ0) is 23.8. The number of hydrogen-bond acceptors (Lipinski definition) is 7. The predicted molar refractivity (Wildman–Crippen MR) is 132 cm³/mol. The molecule has 0 bridgehead atoms. The van der Waals surface area contributed by atoms with Gasteiger partial charge in [-0.1, -0.05) is 24.0 Å². The Labute approximate surface area is 200 Å². The van der Waals surface area contributed by atoms with Crippen LogP contribution in [0.15, 0.2) is 60.9 Å². The van der Waals surface area contributed by atoms with Crippen LogP contribution in [0.5, 0.6) is 0 Å². The van der Waals surface area contributed by atoms with Crippen molar-refractivity contribution in [1.82, 2.24) is 14.9 Å². The Hall–Kier alpha value is -3.73. The van der Waals surface area contributed by atoms with Gasteiger partial charge in [0, 0.05) is 68.9 Å². The number of esters is 1. The molecule has 1 fully saturated rings. The molecule has 2 aromatic heterocycles. The van der Waals surface area contributed by atoms with E-state index in [1.165, 1.54) is 7.11 Å². The van der Waals surface area contributed by atoms with Gasteiger partial charge in [-0.25, -0.2) is 9.78 Å². The molecule has 1 aliphatic heterocycles. The second-order valence-electron chi connectivity index (χ2n) is 7.98. The molecule has 0 N–H and O–H groups in total. The average Bonchev–Trinajstić information content (AvgIpc) is 2.91. The molecule has 3 aromatic rings. The summed E-state index contributed by atoms with van der Waals surface area (Å²) in [6, 6.07) is 15.2. The van der Waals surface area contributed by atoms with Crippen LogP contribution in [-0.2, 0) is 9.47 Å². The van der Waals surface area contributed by atoms with Crippen LogP contribution >= 0.6 is 0 Å². The first-order chi connectivity index (χ1) is 16.7. The van der Waals surface area contributed by atoms with E-state index in [1.54, 1.807) is 25.6 Å². The summed E-state index contributed by atoms with van der Waals surface area (Å²) < 4.78 is 10.2. The molecule has 0 amide bonds. The van der Waals surface area contributed by atoms with Gasteiger partial charge in [-0.3, -0.25) is 9.88 Å². The number of anilines is 1. The molecule has 7 heteroatoms. The molecule has 174 valence electrons. The van der Waals surface area contributed by atoms with Gasteiger partial charge >= 0.3 is 5.97 Å². The standard InChI is InChI=1S/C27H28N4O3/c1-33-17-16-30-12-14-31(15-13-30)26-19-24(27(32)34-2)18-25(29-26)23-9-7-21(8-10-23)5-6-22-4-3-11-28-20-22/h3-4,7-11,18-20H,12-17H2,1-2H3. The maximum atomic E-state index is 12.4. The lowest BCUT2D eigenvalue weighted by atomic mass is 10.1. The normalized spacial score (nSPS) is 13.8. The van der Waals surface area contributed by atoms with Crippen LogP contribution in [-0.4, -0.2) is 74.4 Å². The van der Waals surface area contributed by atoms with Crippen molar-refractivity contribution in [3.63, 3.8) is 0 Å². The third-order valence-electron chi connectivity index (χ3n) is 5.73. The summed E-state index contributed by atoms with van der Waals surface area (Å²) in [5, 5.41) is 0. The molecule has 34 heavy (non-hydrogen) atoms. The van der Waals surface area contributed by atoms with Crippen molar-refractivity contribution in [1.29, 1.82) is 0 Å². The second-order valence-corrected chi connectivity index (χ2v) is 7.98. The summed E-state index contributed by atoms with van der Waals surface area (Å²) in [6.45, 7) is 5.16. The van der Waals surface area contributed by atoms with E-state index in [4.69, 9.17) is 14.5 Å². The number of carbonyl (C=O) groups is 1. The van der Waals surface area contributed by atoms with Crippen LogP contribution in [0, 0.1) is 11.8 Å². The minimum absolute atomic E-state index is 0.373. The predicted octanol–water partition coefficient (Wildman–Crippen LogP) is 3.10. The molecular weight excluding hydrogens is 428 g/mol. The summed E-state index contributed by atoms with van der Waals surface area (Å²) in [6.07, 6.45) is 3.47. The van der Waals surface area contributed by atoms with Gasteiger partial charge in [-0.05, 0) is 36.4 Å². The number of methoxy groups -OCH3 is 2. The molecule has 7 nitrogen and oxygen atoms in total. The number of rotatable bonds is 6. The van der Waals surface area contributed by atoms with Gasteiger partial charge in [0.05, 0.1) is 25.0 Å². The monoisotopic (exact) mass is 456 g/mol. The van der Waals surface area contributed by atoms with Gasteiger partial charge in [-0.2, -0.15) is 0 Å². The van der Waals surface area contributed by atoms with Crippen molar-refractivity contribution in [2.24, 2.45) is 0 Å². The molecule has 1 aromatic carbocycles. The molecule has 3 heterocycles. The Balaban J connectivity index is 1.55. The van der Waals surface area contributed by atoms with E-state index in [2.05, 4.69) is 26.6 Å². The molecule has 4 rings (SSSR count). The molecule has 1 saturated heterocycles. The molecule has 0 unspecified atom stereocenters. The van der Waals surface area contributed by atoms with Gasteiger partial charge in [0.25, 0.3) is 0 Å². The number of benzene rings is 1. The number of carbonyl (C=O) groups excluding carboxylic acids is 1. The Morgan fingerprint density at radius 2 is 1.76 bits per heavy atom. The Kier molecular flexibility index (Phi) is 7.87. The highest BCUT2D eigenvalue weighted by atomic mass is 16.5. The molecule has 0 radical (unpaired) electrons. The number of ether oxygens (including phenoxy) is 2. The quantitative estimate of drug-likeness (QED) is 0.417. The van der Waals surface area contributed by atoms with E-state index >= 15 is 0 Å². The smallest absolute Gasteiger partial charge is 0.338 e. The molecule has 0 saturated carbocycles. The molecule has 0 spiro atoms. The summed E-state index contributed by atoms with van der Waals surface area (Å²) >= 11 is 0. The highest BCUT2D eigenvalue weighted by Gasteiger charge is 2.20. The molecule has 0 aliphatic carbocycles. The van der Waals surface area contributed by atoms with Crippen molar-refractivity contribution >= 4 is 11.8 Å². The molecule has 1 aliphatic rings. The fourth-order valence-corrected chi connectivity index (χ4v) is 3.79. The van der Waals surface area contributed by atoms with E-state index < -0.39 is 0 Å². The number of pyridine rings is 2. The average molecular weight is 457 g/mol. The Morgan fingerprint density at radius 1 is 1.00 bits per heavy atom. The summed E-state index contributed by atoms with van der Waals surface area (Å²) in [5.74, 6) is 6.68. The van der Waals surface area contributed by atoms with Crippen LogP contribution in [0.3, 0.4) is 0 Å². The fraction of sp³-hybridized carbons (Fsp3) is 0.296. The molecular formula is C27H28N4O3. The van der Waals surface area contributed by atoms with Crippen LogP contribution < -0.4 is 4.90 Å². The van der Waals surface area contributed by atoms with Crippen LogP contribution in [0.25, 0.3) is 11.3 Å². The zero-order valence-corrected chi connectivity index (χ0v) is 19.5. The third kappa shape index (κ3) is 5.98. The Morgan fingerprint density at radius 3 is 2.44 bits per heavy atom. The highest BCUT2D eigenvalue weighted by Crippen LogP contribution is 2.25. The highest BCUT2D eigenvalue weighted by molar-refractivity contribution is 5.91. The Bertz CT molecular complexity index is 1160. The topological polar surface area (TPSA) is 67.8 Å². The van der Waals surface area contributed by atoms with E-state index in [0.717, 1.165) is 67.5 Å². The number of nitrogens with zero attached hydrogens (tertiary/aromatic N) is 4. The van der Waals surface area contributed by atoms with E-state index in [0.29, 0.717) is 5.56 Å². The van der Waals surface area contributed by atoms with Gasteiger partial charge in [0.1, 0.15) is 5.82 Å². The number of piperazine rings is 1. The lowest BCUT2D eigenvalue weighted by Gasteiger charge is -2.35. The maximum Gasteiger partial charge on any atom is 0.338 e. The van der Waals surface area contributed by atoms with Crippen molar-refractivity contribution < 1.29 is 14.3 Å². The second kappa shape index (κ2) is 11.4. The largest absolute Gasteiger partial charge is 0.465 e. The van der Waals surface area contributed by atoms with Crippen LogP contribution in [0.2, 0.25) is 0 Å². The lowest BCUT2D eigenvalue weighted by Crippen LogP contribution is -2.47. The number of hydrogen-bond donors (Lipinski definition) is 0. The van der Waals surface area contributed by atoms with Gasteiger partial charge < -0.3 is 14.4 Å². The summed E-state index contributed by atoms with van der Waals surface area (Å²) in [7, 11) is 3.12. The van der Waals surface area contributed by atoms with Crippen LogP contribution in [0.4, 0.5) is 5.82 Å². The first-order valence-electron chi connectivity index (χ1n) is 11.3. The minimum atomic E-state index is -0.373. The lowest BCUT2D eigenvalue weighted by molar-refractivity contribution is 0.0600. The van der Waals surface area contributed by atoms with Gasteiger partial charge in [-0.15, -0.1) is 0 Å². The van der Waals surface area contributed by atoms with Crippen molar-refractivity contribution in [2.45, 2.75) is 0 Å². The first-order valence-corrected chi connectivity index (χ1v) is 11.3. The van der Waals surface area contributed by atoms with Gasteiger partial charge in [0.15, 0.2) is 0 Å². The van der Waals surface area contributed by atoms with Crippen molar-refractivity contribution in [3.8, 4) is 23.1 Å². The van der Waals surface area contributed by atoms with Crippen LogP contribution in [0.1, 0.15) is 21.5 Å². The van der Waals surface area contributed by atoms with Gasteiger partial charge in [0.2, 0.25) is 0 Å². The van der Waals surface area contributed by atoms with E-state index in [9.17, 15) is 4.79 Å². The minimum Gasteiger partial charge on any atom is -0.465 e. The molecule has 0 atom stereocenters. The number of aromatic nitrogens is 2. The summed E-state index contributed by atoms with van der Waals surface area (Å²) in [5.41, 5.74) is 3.89. The van der Waals surface area contributed by atoms with E-state index in [1.807, 2.05) is 42.5 Å². The third-order valence-corrected chi connectivity index (χ3v) is 5.73. The van der Waals surface area contributed by atoms with Crippen molar-refractivity contribution in [2.75, 3.05) is 58.5 Å². The summed E-state index contributed by atoms with van der Waals surface area (Å²) in [4.78, 5) is 25.9. The van der Waals surface area contributed by atoms with E-state index in [-0.39, 0.29) is 5.97 Å². The first kappa shape index (κ1) is 23.4. The maximum absolute atomic E-state index is 12.4. The zero-order valence-electron chi connectivity index (χ0n) is 19.5. The fourth-order valence-electron chi connectivity index (χ4n) is 3.79.